The molecule has 106 valence electrons. The molecule has 0 amide bonds. The minimum absolute atomic E-state index is 0.205. The molecule has 0 aliphatic heterocycles. The van der Waals surface area contributed by atoms with Gasteiger partial charge in [0.05, 0.1) is 6.10 Å². The molecule has 0 saturated heterocycles. The Morgan fingerprint density at radius 2 is 1.84 bits per heavy atom. The van der Waals surface area contributed by atoms with E-state index < -0.39 is 0 Å². The van der Waals surface area contributed by atoms with Crippen LogP contribution in [0.5, 0.6) is 5.75 Å². The molecule has 2 nitrogen and oxygen atoms in total. The molecule has 1 N–H and O–H groups in total. The van der Waals surface area contributed by atoms with E-state index >= 15 is 0 Å². The van der Waals surface area contributed by atoms with Crippen molar-refractivity contribution in [3.63, 3.8) is 0 Å². The van der Waals surface area contributed by atoms with E-state index in [0.717, 1.165) is 18.7 Å². The Morgan fingerprint density at radius 1 is 1.21 bits per heavy atom. The van der Waals surface area contributed by atoms with E-state index in [1.807, 2.05) is 0 Å². The maximum absolute atomic E-state index is 5.77. The fraction of sp³-hybridized carbons (Fsp3) is 0.647. The predicted molar refractivity (Wildman–Crippen MR) is 80.7 cm³/mol. The molecular weight excluding hydrogens is 234 g/mol. The Kier molecular flexibility index (Phi) is 4.51. The van der Waals surface area contributed by atoms with Crippen molar-refractivity contribution in [3.05, 3.63) is 29.8 Å². The summed E-state index contributed by atoms with van der Waals surface area (Å²) in [5.74, 6) is 1.67. The zero-order valence-electron chi connectivity index (χ0n) is 12.7. The summed E-state index contributed by atoms with van der Waals surface area (Å²) in [4.78, 5) is 0. The van der Waals surface area contributed by atoms with Crippen molar-refractivity contribution in [3.8, 4) is 5.75 Å². The van der Waals surface area contributed by atoms with Crippen LogP contribution in [0, 0.1) is 5.92 Å². The van der Waals surface area contributed by atoms with Crippen molar-refractivity contribution in [2.45, 2.75) is 58.6 Å². The summed E-state index contributed by atoms with van der Waals surface area (Å²) in [6.07, 6.45) is 4.04. The van der Waals surface area contributed by atoms with Crippen LogP contribution in [-0.2, 0) is 6.42 Å². The quantitative estimate of drug-likeness (QED) is 0.841. The molecule has 2 rings (SSSR count). The number of benzene rings is 1. The summed E-state index contributed by atoms with van der Waals surface area (Å²) in [6.45, 7) is 9.99. The van der Waals surface area contributed by atoms with E-state index in [1.165, 1.54) is 18.4 Å². The maximum Gasteiger partial charge on any atom is 0.119 e. The summed E-state index contributed by atoms with van der Waals surface area (Å²) in [7, 11) is 0. The third-order valence-electron chi connectivity index (χ3n) is 3.32. The van der Waals surface area contributed by atoms with Gasteiger partial charge < -0.3 is 10.1 Å². The fourth-order valence-corrected chi connectivity index (χ4v) is 2.04. The van der Waals surface area contributed by atoms with Crippen molar-refractivity contribution < 1.29 is 4.74 Å². The van der Waals surface area contributed by atoms with Crippen LogP contribution in [0.1, 0.15) is 46.1 Å². The summed E-state index contributed by atoms with van der Waals surface area (Å²) >= 11 is 0. The van der Waals surface area contributed by atoms with Gasteiger partial charge in [-0.15, -0.1) is 0 Å². The summed E-state index contributed by atoms with van der Waals surface area (Å²) < 4.78 is 5.77. The van der Waals surface area contributed by atoms with Crippen molar-refractivity contribution in [2.75, 3.05) is 6.54 Å². The Labute approximate surface area is 117 Å². The molecule has 1 fully saturated rings. The summed E-state index contributed by atoms with van der Waals surface area (Å²) in [5, 5.41) is 3.56. The van der Waals surface area contributed by atoms with Gasteiger partial charge in [-0.05, 0) is 70.2 Å². The molecule has 2 heteroatoms. The first-order valence-corrected chi connectivity index (χ1v) is 7.43. The standard InChI is InChI=1S/C17H27NO/c1-13(12-18-17(2,3)4)11-14-5-7-15(8-6-14)19-16-9-10-16/h5-8,13,16,18H,9-12H2,1-4H3. The van der Waals surface area contributed by atoms with Crippen LogP contribution in [0.25, 0.3) is 0 Å². The van der Waals surface area contributed by atoms with Gasteiger partial charge >= 0.3 is 0 Å². The highest BCUT2D eigenvalue weighted by Crippen LogP contribution is 2.27. The number of nitrogens with one attached hydrogen (secondary N) is 1. The largest absolute Gasteiger partial charge is 0.490 e. The number of hydrogen-bond acceptors (Lipinski definition) is 2. The third-order valence-corrected chi connectivity index (χ3v) is 3.32. The second-order valence-electron chi connectivity index (χ2n) is 6.90. The van der Waals surface area contributed by atoms with Crippen LogP contribution >= 0.6 is 0 Å². The summed E-state index contributed by atoms with van der Waals surface area (Å²) in [6, 6.07) is 8.62. The molecule has 0 radical (unpaired) electrons. The lowest BCUT2D eigenvalue weighted by atomic mass is 9.99. The van der Waals surface area contributed by atoms with Gasteiger partial charge in [-0.25, -0.2) is 0 Å². The Morgan fingerprint density at radius 3 is 2.37 bits per heavy atom. The van der Waals surface area contributed by atoms with Crippen LogP contribution in [0.3, 0.4) is 0 Å². The van der Waals surface area contributed by atoms with E-state index in [2.05, 4.69) is 57.3 Å². The van der Waals surface area contributed by atoms with Gasteiger partial charge in [-0.2, -0.15) is 0 Å². The fourth-order valence-electron chi connectivity index (χ4n) is 2.04. The molecule has 0 bridgehead atoms. The third kappa shape index (κ3) is 5.65. The molecule has 1 saturated carbocycles. The minimum atomic E-state index is 0.205. The molecular formula is C17H27NO. The SMILES string of the molecule is CC(CNC(C)(C)C)Cc1ccc(OC2CC2)cc1. The zero-order valence-corrected chi connectivity index (χ0v) is 12.7. The van der Waals surface area contributed by atoms with Crippen molar-refractivity contribution >= 4 is 0 Å². The van der Waals surface area contributed by atoms with E-state index in [-0.39, 0.29) is 5.54 Å². The van der Waals surface area contributed by atoms with Crippen LogP contribution in [0.15, 0.2) is 24.3 Å². The second-order valence-corrected chi connectivity index (χ2v) is 6.90. The van der Waals surface area contributed by atoms with Crippen molar-refractivity contribution in [1.29, 1.82) is 0 Å². The molecule has 1 aliphatic carbocycles. The molecule has 1 aromatic rings. The van der Waals surface area contributed by atoms with Gasteiger partial charge in [0.2, 0.25) is 0 Å². The molecule has 1 aliphatic rings. The van der Waals surface area contributed by atoms with Gasteiger partial charge in [0, 0.05) is 5.54 Å². The molecule has 19 heavy (non-hydrogen) atoms. The first-order valence-electron chi connectivity index (χ1n) is 7.43. The smallest absolute Gasteiger partial charge is 0.119 e. The van der Waals surface area contributed by atoms with Gasteiger partial charge in [-0.1, -0.05) is 19.1 Å². The molecule has 1 aromatic carbocycles. The summed E-state index contributed by atoms with van der Waals surface area (Å²) in [5.41, 5.74) is 1.60. The normalized spacial score (nSPS) is 17.3. The average Bonchev–Trinajstić information content (AvgIpc) is 3.12. The highest BCUT2D eigenvalue weighted by Gasteiger charge is 2.23. The van der Waals surface area contributed by atoms with Crippen LogP contribution in [0.2, 0.25) is 0 Å². The van der Waals surface area contributed by atoms with Gasteiger partial charge in [-0.3, -0.25) is 0 Å². The first kappa shape index (κ1) is 14.4. The van der Waals surface area contributed by atoms with Crippen LogP contribution in [0.4, 0.5) is 0 Å². The zero-order chi connectivity index (χ0) is 13.9. The highest BCUT2D eigenvalue weighted by molar-refractivity contribution is 5.28. The van der Waals surface area contributed by atoms with Crippen LogP contribution in [-0.4, -0.2) is 18.2 Å². The van der Waals surface area contributed by atoms with Gasteiger partial charge in [0.25, 0.3) is 0 Å². The lowest BCUT2D eigenvalue weighted by Crippen LogP contribution is -2.38. The molecule has 1 atom stereocenters. The van der Waals surface area contributed by atoms with Gasteiger partial charge in [0.15, 0.2) is 0 Å². The predicted octanol–water partition coefficient (Wildman–Crippen LogP) is 3.79. The number of ether oxygens (including phenoxy) is 1. The van der Waals surface area contributed by atoms with Crippen molar-refractivity contribution in [2.24, 2.45) is 5.92 Å². The van der Waals surface area contributed by atoms with Gasteiger partial charge in [0.1, 0.15) is 5.75 Å². The molecule has 0 aromatic heterocycles. The van der Waals surface area contributed by atoms with E-state index in [0.29, 0.717) is 12.0 Å². The van der Waals surface area contributed by atoms with Crippen LogP contribution < -0.4 is 10.1 Å². The average molecular weight is 261 g/mol. The Bertz CT molecular complexity index is 387. The van der Waals surface area contributed by atoms with E-state index in [1.54, 1.807) is 0 Å². The Hall–Kier alpha value is -1.02. The first-order chi connectivity index (χ1) is 8.92. The maximum atomic E-state index is 5.77. The minimum Gasteiger partial charge on any atom is -0.490 e. The highest BCUT2D eigenvalue weighted by atomic mass is 16.5. The van der Waals surface area contributed by atoms with Crippen molar-refractivity contribution in [1.82, 2.24) is 5.32 Å². The lowest BCUT2D eigenvalue weighted by molar-refractivity contribution is 0.303. The lowest BCUT2D eigenvalue weighted by Gasteiger charge is -2.23. The second kappa shape index (κ2) is 5.96. The number of rotatable bonds is 6. The van der Waals surface area contributed by atoms with E-state index in [4.69, 9.17) is 4.74 Å². The molecule has 1 unspecified atom stereocenters. The topological polar surface area (TPSA) is 21.3 Å². The van der Waals surface area contributed by atoms with E-state index in [9.17, 15) is 0 Å². The molecule has 0 spiro atoms. The number of hydrogen-bond donors (Lipinski definition) is 1. The monoisotopic (exact) mass is 261 g/mol. The molecule has 0 heterocycles. The Balaban J connectivity index is 1.77.